The third-order valence-corrected chi connectivity index (χ3v) is 1.68. The maximum absolute atomic E-state index is 5.41. The molecular weight excluding hydrogens is 166 g/mol. The van der Waals surface area contributed by atoms with E-state index >= 15 is 0 Å². The van der Waals surface area contributed by atoms with Crippen LogP contribution in [0.5, 0.6) is 0 Å². The molecular formula is C10H9NS. The lowest BCUT2D eigenvalue weighted by molar-refractivity contribution is 1.31. The quantitative estimate of drug-likeness (QED) is 0.544. The zero-order valence-corrected chi connectivity index (χ0v) is 7.40. The summed E-state index contributed by atoms with van der Waals surface area (Å²) in [6, 6.07) is 7.65. The van der Waals surface area contributed by atoms with Crippen LogP contribution in [0.4, 0.5) is 0 Å². The molecule has 0 fully saturated rings. The zero-order valence-electron chi connectivity index (χ0n) is 6.58. The molecule has 0 heterocycles. The highest BCUT2D eigenvalue weighted by Gasteiger charge is 1.99. The van der Waals surface area contributed by atoms with Crippen LogP contribution in [-0.2, 0) is 6.42 Å². The Morgan fingerprint density at radius 3 is 2.75 bits per heavy atom. The van der Waals surface area contributed by atoms with Gasteiger partial charge in [0.1, 0.15) is 0 Å². The van der Waals surface area contributed by atoms with Crippen LogP contribution in [0, 0.1) is 12.3 Å². The Bertz CT molecular complexity index is 336. The predicted octanol–water partition coefficient (Wildman–Crippen LogP) is 1.50. The number of rotatable bonds is 2. The van der Waals surface area contributed by atoms with E-state index in [2.05, 4.69) is 5.92 Å². The minimum absolute atomic E-state index is 0.470. The van der Waals surface area contributed by atoms with Crippen LogP contribution in [0.15, 0.2) is 24.3 Å². The van der Waals surface area contributed by atoms with Gasteiger partial charge in [-0.2, -0.15) is 0 Å². The van der Waals surface area contributed by atoms with Crippen LogP contribution in [0.1, 0.15) is 11.1 Å². The zero-order chi connectivity index (χ0) is 8.97. The fourth-order valence-corrected chi connectivity index (χ4v) is 1.16. The molecule has 0 radical (unpaired) electrons. The van der Waals surface area contributed by atoms with Crippen LogP contribution in [0.2, 0.25) is 0 Å². The SMILES string of the molecule is C#Cc1ccccc1CC(N)=S. The topological polar surface area (TPSA) is 26.0 Å². The summed E-state index contributed by atoms with van der Waals surface area (Å²) in [5, 5.41) is 0. The van der Waals surface area contributed by atoms with Crippen LogP contribution in [0.3, 0.4) is 0 Å². The highest BCUT2D eigenvalue weighted by molar-refractivity contribution is 7.80. The molecule has 0 aliphatic heterocycles. The van der Waals surface area contributed by atoms with Crippen molar-refractivity contribution in [1.29, 1.82) is 0 Å². The summed E-state index contributed by atoms with van der Waals surface area (Å²) >= 11 is 4.79. The van der Waals surface area contributed by atoms with Gasteiger partial charge in [-0.05, 0) is 11.6 Å². The molecule has 12 heavy (non-hydrogen) atoms. The van der Waals surface area contributed by atoms with Crippen molar-refractivity contribution >= 4 is 17.2 Å². The van der Waals surface area contributed by atoms with Crippen molar-refractivity contribution in [2.45, 2.75) is 6.42 Å². The van der Waals surface area contributed by atoms with Crippen molar-refractivity contribution in [3.8, 4) is 12.3 Å². The van der Waals surface area contributed by atoms with E-state index in [1.54, 1.807) is 0 Å². The van der Waals surface area contributed by atoms with Gasteiger partial charge in [0.2, 0.25) is 0 Å². The first-order valence-corrected chi connectivity index (χ1v) is 3.97. The lowest BCUT2D eigenvalue weighted by Gasteiger charge is -2.01. The fraction of sp³-hybridized carbons (Fsp3) is 0.100. The molecule has 0 spiro atoms. The Labute approximate surface area is 77.6 Å². The molecule has 0 saturated heterocycles. The average molecular weight is 175 g/mol. The number of nitrogens with two attached hydrogens (primary N) is 1. The largest absolute Gasteiger partial charge is 0.393 e. The fourth-order valence-electron chi connectivity index (χ4n) is 1.00. The van der Waals surface area contributed by atoms with E-state index in [0.29, 0.717) is 11.4 Å². The summed E-state index contributed by atoms with van der Waals surface area (Å²) in [5.74, 6) is 2.59. The number of thiocarbonyl (C=S) groups is 1. The van der Waals surface area contributed by atoms with Gasteiger partial charge in [-0.1, -0.05) is 36.3 Å². The molecule has 1 nitrogen and oxygen atoms in total. The average Bonchev–Trinajstić information content (AvgIpc) is 2.04. The molecule has 0 aliphatic carbocycles. The molecule has 60 valence electrons. The molecule has 1 aromatic carbocycles. The van der Waals surface area contributed by atoms with E-state index in [1.165, 1.54) is 0 Å². The van der Waals surface area contributed by atoms with Gasteiger partial charge >= 0.3 is 0 Å². The van der Waals surface area contributed by atoms with Crippen LogP contribution in [-0.4, -0.2) is 4.99 Å². The summed E-state index contributed by atoms with van der Waals surface area (Å²) in [6.45, 7) is 0. The highest BCUT2D eigenvalue weighted by Crippen LogP contribution is 2.07. The maximum Gasteiger partial charge on any atom is 0.0772 e. The molecule has 1 rings (SSSR count). The molecule has 0 aliphatic rings. The summed E-state index contributed by atoms with van der Waals surface area (Å²) in [6.07, 6.45) is 5.87. The first-order chi connectivity index (χ1) is 5.74. The van der Waals surface area contributed by atoms with Gasteiger partial charge in [-0.15, -0.1) is 6.42 Å². The number of benzene rings is 1. The van der Waals surface area contributed by atoms with E-state index in [0.717, 1.165) is 11.1 Å². The van der Waals surface area contributed by atoms with Crippen LogP contribution < -0.4 is 5.73 Å². The Morgan fingerprint density at radius 2 is 2.17 bits per heavy atom. The second-order valence-electron chi connectivity index (χ2n) is 2.44. The van der Waals surface area contributed by atoms with Gasteiger partial charge in [-0.25, -0.2) is 0 Å². The van der Waals surface area contributed by atoms with E-state index in [4.69, 9.17) is 24.4 Å². The molecule has 0 unspecified atom stereocenters. The van der Waals surface area contributed by atoms with Crippen molar-refractivity contribution in [1.82, 2.24) is 0 Å². The Morgan fingerprint density at radius 1 is 1.50 bits per heavy atom. The Hall–Kier alpha value is -1.33. The highest BCUT2D eigenvalue weighted by atomic mass is 32.1. The minimum atomic E-state index is 0.470. The molecule has 0 saturated carbocycles. The summed E-state index contributed by atoms with van der Waals surface area (Å²) < 4.78 is 0. The third-order valence-electron chi connectivity index (χ3n) is 1.54. The molecule has 0 amide bonds. The molecule has 1 aromatic rings. The first-order valence-electron chi connectivity index (χ1n) is 3.57. The first kappa shape index (κ1) is 8.76. The smallest absolute Gasteiger partial charge is 0.0772 e. The number of hydrogen-bond acceptors (Lipinski definition) is 1. The molecule has 0 aromatic heterocycles. The second kappa shape index (κ2) is 3.89. The van der Waals surface area contributed by atoms with E-state index in [-0.39, 0.29) is 0 Å². The normalized spacial score (nSPS) is 8.92. The van der Waals surface area contributed by atoms with Gasteiger partial charge in [0, 0.05) is 12.0 Å². The number of terminal acetylenes is 1. The van der Waals surface area contributed by atoms with Crippen molar-refractivity contribution < 1.29 is 0 Å². The Kier molecular flexibility index (Phi) is 2.84. The third kappa shape index (κ3) is 2.08. The maximum atomic E-state index is 5.41. The van der Waals surface area contributed by atoms with Gasteiger partial charge in [0.25, 0.3) is 0 Å². The van der Waals surface area contributed by atoms with Crippen LogP contribution in [0.25, 0.3) is 0 Å². The van der Waals surface area contributed by atoms with Crippen molar-refractivity contribution in [3.05, 3.63) is 35.4 Å². The lowest BCUT2D eigenvalue weighted by Crippen LogP contribution is -2.11. The van der Waals surface area contributed by atoms with E-state index < -0.39 is 0 Å². The van der Waals surface area contributed by atoms with Gasteiger partial charge in [-0.3, -0.25) is 0 Å². The molecule has 2 heteroatoms. The standard InChI is InChI=1S/C10H9NS/c1-2-8-5-3-4-6-9(8)7-10(11)12/h1,3-6H,7H2,(H2,11,12). The molecule has 0 bridgehead atoms. The van der Waals surface area contributed by atoms with Crippen molar-refractivity contribution in [2.75, 3.05) is 0 Å². The van der Waals surface area contributed by atoms with Gasteiger partial charge in [0.15, 0.2) is 0 Å². The molecule has 0 atom stereocenters. The summed E-state index contributed by atoms with van der Waals surface area (Å²) in [5.41, 5.74) is 7.30. The predicted molar refractivity (Wildman–Crippen MR) is 54.9 cm³/mol. The van der Waals surface area contributed by atoms with Crippen molar-refractivity contribution in [2.24, 2.45) is 5.73 Å². The van der Waals surface area contributed by atoms with Crippen molar-refractivity contribution in [3.63, 3.8) is 0 Å². The van der Waals surface area contributed by atoms with E-state index in [9.17, 15) is 0 Å². The van der Waals surface area contributed by atoms with Gasteiger partial charge < -0.3 is 5.73 Å². The summed E-state index contributed by atoms with van der Waals surface area (Å²) in [4.78, 5) is 0.470. The Balaban J connectivity index is 2.99. The minimum Gasteiger partial charge on any atom is -0.393 e. The monoisotopic (exact) mass is 175 g/mol. The summed E-state index contributed by atoms with van der Waals surface area (Å²) in [7, 11) is 0. The van der Waals surface area contributed by atoms with Crippen LogP contribution >= 0.6 is 12.2 Å². The van der Waals surface area contributed by atoms with Gasteiger partial charge in [0.05, 0.1) is 4.99 Å². The lowest BCUT2D eigenvalue weighted by atomic mass is 10.1. The second-order valence-corrected chi connectivity index (χ2v) is 2.97. The molecule has 2 N–H and O–H groups in total. The number of hydrogen-bond donors (Lipinski definition) is 1. The van der Waals surface area contributed by atoms with E-state index in [1.807, 2.05) is 24.3 Å².